The molecule has 2 aromatic rings. The molecule has 1 aliphatic rings. The summed E-state index contributed by atoms with van der Waals surface area (Å²) in [6.07, 6.45) is 4.45. The van der Waals surface area contributed by atoms with Gasteiger partial charge < -0.3 is 15.1 Å². The Morgan fingerprint density at radius 3 is 2.60 bits per heavy atom. The standard InChI is InChI=1S/C19H22N4O2/c1-15-14-20-9-8-17(15)22-10-5-11-23(13-12-22)19(25)18(24)21-16-6-3-2-4-7-16/h2-4,6-9,14H,5,10-13H2,1H3,(H,21,24). The minimum Gasteiger partial charge on any atom is -0.369 e. The molecule has 1 aromatic carbocycles. The lowest BCUT2D eigenvalue weighted by molar-refractivity contribution is -0.143. The number of hydrogen-bond acceptors (Lipinski definition) is 4. The van der Waals surface area contributed by atoms with Crippen LogP contribution in [0, 0.1) is 6.92 Å². The van der Waals surface area contributed by atoms with Crippen molar-refractivity contribution < 1.29 is 9.59 Å². The van der Waals surface area contributed by atoms with Gasteiger partial charge in [0.15, 0.2) is 0 Å². The van der Waals surface area contributed by atoms with Crippen molar-refractivity contribution in [3.63, 3.8) is 0 Å². The summed E-state index contributed by atoms with van der Waals surface area (Å²) in [5.74, 6) is -1.06. The molecule has 0 aliphatic carbocycles. The van der Waals surface area contributed by atoms with Gasteiger partial charge in [0.2, 0.25) is 0 Å². The predicted octanol–water partition coefficient (Wildman–Crippen LogP) is 2.07. The van der Waals surface area contributed by atoms with Crippen molar-refractivity contribution in [2.45, 2.75) is 13.3 Å². The van der Waals surface area contributed by atoms with Crippen molar-refractivity contribution in [2.24, 2.45) is 0 Å². The first kappa shape index (κ1) is 17.0. The number of nitrogens with one attached hydrogen (secondary N) is 1. The zero-order valence-electron chi connectivity index (χ0n) is 14.3. The Hall–Kier alpha value is -2.89. The summed E-state index contributed by atoms with van der Waals surface area (Å²) in [6.45, 7) is 4.71. The fourth-order valence-corrected chi connectivity index (χ4v) is 3.03. The lowest BCUT2D eigenvalue weighted by Crippen LogP contribution is -2.41. The first-order valence-corrected chi connectivity index (χ1v) is 8.46. The maximum Gasteiger partial charge on any atom is 0.313 e. The molecule has 1 aromatic heterocycles. The summed E-state index contributed by atoms with van der Waals surface area (Å²) in [4.78, 5) is 32.7. The van der Waals surface area contributed by atoms with Gasteiger partial charge in [-0.1, -0.05) is 18.2 Å². The normalized spacial score (nSPS) is 14.8. The summed E-state index contributed by atoms with van der Waals surface area (Å²) in [5, 5.41) is 2.66. The average Bonchev–Trinajstić information content (AvgIpc) is 2.88. The van der Waals surface area contributed by atoms with E-state index in [1.54, 1.807) is 23.2 Å². The van der Waals surface area contributed by atoms with Crippen LogP contribution in [-0.2, 0) is 9.59 Å². The van der Waals surface area contributed by atoms with E-state index in [0.717, 1.165) is 24.2 Å². The molecule has 0 radical (unpaired) electrons. The Bertz CT molecular complexity index is 748. The maximum absolute atomic E-state index is 12.5. The van der Waals surface area contributed by atoms with Crippen molar-refractivity contribution in [3.8, 4) is 0 Å². The number of hydrogen-bond donors (Lipinski definition) is 1. The number of amides is 2. The van der Waals surface area contributed by atoms with Gasteiger partial charge in [0.05, 0.1) is 0 Å². The number of nitrogens with zero attached hydrogens (tertiary/aromatic N) is 3. The highest BCUT2D eigenvalue weighted by Gasteiger charge is 2.25. The summed E-state index contributed by atoms with van der Waals surface area (Å²) in [5.41, 5.74) is 2.88. The summed E-state index contributed by atoms with van der Waals surface area (Å²) in [7, 11) is 0. The molecular weight excluding hydrogens is 316 g/mol. The Morgan fingerprint density at radius 1 is 1.04 bits per heavy atom. The van der Waals surface area contributed by atoms with E-state index in [2.05, 4.69) is 15.2 Å². The van der Waals surface area contributed by atoms with Gasteiger partial charge in [0, 0.05) is 49.9 Å². The van der Waals surface area contributed by atoms with Gasteiger partial charge >= 0.3 is 11.8 Å². The number of para-hydroxylation sites is 1. The van der Waals surface area contributed by atoms with E-state index in [1.165, 1.54) is 0 Å². The quantitative estimate of drug-likeness (QED) is 0.852. The Labute approximate surface area is 147 Å². The average molecular weight is 338 g/mol. The van der Waals surface area contributed by atoms with Crippen molar-refractivity contribution >= 4 is 23.2 Å². The second-order valence-electron chi connectivity index (χ2n) is 6.12. The maximum atomic E-state index is 12.5. The van der Waals surface area contributed by atoms with E-state index in [9.17, 15) is 9.59 Å². The van der Waals surface area contributed by atoms with E-state index in [4.69, 9.17) is 0 Å². The van der Waals surface area contributed by atoms with Gasteiger partial charge in [-0.25, -0.2) is 0 Å². The Morgan fingerprint density at radius 2 is 1.84 bits per heavy atom. The number of carbonyl (C=O) groups is 2. The molecule has 0 unspecified atom stereocenters. The van der Waals surface area contributed by atoms with Gasteiger partial charge in [-0.2, -0.15) is 0 Å². The number of benzene rings is 1. The molecule has 2 amide bonds. The van der Waals surface area contributed by atoms with E-state index < -0.39 is 11.8 Å². The molecule has 3 rings (SSSR count). The largest absolute Gasteiger partial charge is 0.369 e. The minimum absolute atomic E-state index is 0.475. The number of aromatic nitrogens is 1. The van der Waals surface area contributed by atoms with Crippen LogP contribution in [-0.4, -0.2) is 47.9 Å². The summed E-state index contributed by atoms with van der Waals surface area (Å²) in [6, 6.07) is 11.0. The van der Waals surface area contributed by atoms with Gasteiger partial charge in [-0.15, -0.1) is 0 Å². The van der Waals surface area contributed by atoms with Crippen molar-refractivity contribution in [1.29, 1.82) is 0 Å². The van der Waals surface area contributed by atoms with Gasteiger partial charge in [-0.05, 0) is 37.1 Å². The van der Waals surface area contributed by atoms with Crippen LogP contribution in [0.4, 0.5) is 11.4 Å². The van der Waals surface area contributed by atoms with E-state index >= 15 is 0 Å². The molecule has 0 atom stereocenters. The van der Waals surface area contributed by atoms with Crippen molar-refractivity contribution in [1.82, 2.24) is 9.88 Å². The lowest BCUT2D eigenvalue weighted by Gasteiger charge is -2.24. The molecule has 1 aliphatic heterocycles. The zero-order valence-corrected chi connectivity index (χ0v) is 14.3. The molecule has 25 heavy (non-hydrogen) atoms. The van der Waals surface area contributed by atoms with Crippen LogP contribution in [0.5, 0.6) is 0 Å². The van der Waals surface area contributed by atoms with Gasteiger partial charge in [0.25, 0.3) is 0 Å². The molecule has 130 valence electrons. The fourth-order valence-electron chi connectivity index (χ4n) is 3.03. The number of aryl methyl sites for hydroxylation is 1. The van der Waals surface area contributed by atoms with Crippen LogP contribution in [0.25, 0.3) is 0 Å². The molecule has 0 bridgehead atoms. The second-order valence-corrected chi connectivity index (χ2v) is 6.12. The molecular formula is C19H22N4O2. The predicted molar refractivity (Wildman–Crippen MR) is 97.5 cm³/mol. The molecule has 2 heterocycles. The second kappa shape index (κ2) is 7.79. The number of rotatable bonds is 2. The minimum atomic E-state index is -0.584. The Kier molecular flexibility index (Phi) is 5.28. The monoisotopic (exact) mass is 338 g/mol. The van der Waals surface area contributed by atoms with Crippen LogP contribution in [0.1, 0.15) is 12.0 Å². The summed E-state index contributed by atoms with van der Waals surface area (Å²) < 4.78 is 0. The van der Waals surface area contributed by atoms with Crippen LogP contribution in [0.3, 0.4) is 0 Å². The molecule has 1 saturated heterocycles. The first-order valence-electron chi connectivity index (χ1n) is 8.46. The third kappa shape index (κ3) is 4.15. The molecule has 6 nitrogen and oxygen atoms in total. The highest BCUT2D eigenvalue weighted by molar-refractivity contribution is 6.39. The van der Waals surface area contributed by atoms with Gasteiger partial charge in [-0.3, -0.25) is 14.6 Å². The molecule has 0 spiro atoms. The van der Waals surface area contributed by atoms with Crippen LogP contribution in [0.2, 0.25) is 0 Å². The molecule has 1 fully saturated rings. The van der Waals surface area contributed by atoms with E-state index in [-0.39, 0.29) is 0 Å². The van der Waals surface area contributed by atoms with E-state index in [0.29, 0.717) is 25.3 Å². The number of anilines is 2. The van der Waals surface area contributed by atoms with Crippen molar-refractivity contribution in [2.75, 3.05) is 36.4 Å². The number of carbonyl (C=O) groups excluding carboxylic acids is 2. The van der Waals surface area contributed by atoms with Crippen LogP contribution < -0.4 is 10.2 Å². The molecule has 1 N–H and O–H groups in total. The fraction of sp³-hybridized carbons (Fsp3) is 0.316. The van der Waals surface area contributed by atoms with E-state index in [1.807, 2.05) is 37.4 Å². The highest BCUT2D eigenvalue weighted by atomic mass is 16.2. The SMILES string of the molecule is Cc1cnccc1N1CCCN(C(=O)C(=O)Nc2ccccc2)CC1. The highest BCUT2D eigenvalue weighted by Crippen LogP contribution is 2.20. The van der Waals surface area contributed by atoms with Gasteiger partial charge in [0.1, 0.15) is 0 Å². The third-order valence-electron chi connectivity index (χ3n) is 4.34. The number of pyridine rings is 1. The summed E-state index contributed by atoms with van der Waals surface area (Å²) >= 11 is 0. The molecule has 0 saturated carbocycles. The lowest BCUT2D eigenvalue weighted by atomic mass is 10.2. The third-order valence-corrected chi connectivity index (χ3v) is 4.34. The topological polar surface area (TPSA) is 65.5 Å². The smallest absolute Gasteiger partial charge is 0.313 e. The molecule has 6 heteroatoms. The Balaban J connectivity index is 1.61. The van der Waals surface area contributed by atoms with Crippen molar-refractivity contribution in [3.05, 3.63) is 54.4 Å². The van der Waals surface area contributed by atoms with Crippen LogP contribution >= 0.6 is 0 Å². The van der Waals surface area contributed by atoms with Crippen LogP contribution in [0.15, 0.2) is 48.8 Å². The first-order chi connectivity index (χ1) is 12.1. The zero-order chi connectivity index (χ0) is 17.6.